The van der Waals surface area contributed by atoms with Crippen LogP contribution in [0, 0.1) is 12.8 Å². The molecule has 0 aromatic rings. The van der Waals surface area contributed by atoms with E-state index in [0.29, 0.717) is 5.16 Å². The van der Waals surface area contributed by atoms with Gasteiger partial charge in [-0.15, -0.1) is 12.8 Å². The van der Waals surface area contributed by atoms with Crippen molar-refractivity contribution in [1.82, 2.24) is 0 Å². The molecule has 0 spiro atoms. The Morgan fingerprint density at radius 3 is 2.00 bits per heavy atom. The molecule has 0 aliphatic carbocycles. The van der Waals surface area contributed by atoms with Crippen LogP contribution in [0.3, 0.4) is 0 Å². The van der Waals surface area contributed by atoms with Crippen molar-refractivity contribution in [1.29, 1.82) is 0 Å². The summed E-state index contributed by atoms with van der Waals surface area (Å²) in [5.74, 6) is 0. The lowest BCUT2D eigenvalue weighted by atomic mass is 10.7. The third-order valence-electron chi connectivity index (χ3n) is 0.491. The molecule has 0 radical (unpaired) electrons. The molecule has 0 saturated heterocycles. The van der Waals surface area contributed by atoms with Crippen molar-refractivity contribution in [3.05, 3.63) is 11.2 Å². The molecule has 0 N–H and O–H groups in total. The van der Waals surface area contributed by atoms with Gasteiger partial charge in [0.15, 0.2) is 0 Å². The molecule has 0 bridgehead atoms. The van der Waals surface area contributed by atoms with Crippen molar-refractivity contribution in [3.63, 3.8) is 0 Å². The zero-order chi connectivity index (χ0) is 7.70. The molecule has 0 fully saturated rings. The van der Waals surface area contributed by atoms with Gasteiger partial charge in [0.05, 0.1) is 0 Å². The van der Waals surface area contributed by atoms with Crippen LogP contribution in [0.5, 0.6) is 0 Å². The summed E-state index contributed by atoms with van der Waals surface area (Å²) in [6, 6.07) is 0. The molecule has 0 amide bonds. The van der Waals surface area contributed by atoms with Crippen LogP contribution >= 0.6 is 11.6 Å². The molecule has 0 aliphatic heterocycles. The summed E-state index contributed by atoms with van der Waals surface area (Å²) in [6.07, 6.45) is 11.4. The largest absolute Gasteiger partial charge is 0.250 e. The normalized spacial score (nSPS) is 10.6. The summed E-state index contributed by atoms with van der Waals surface area (Å²) in [5, 5.41) is 0.544. The van der Waals surface area contributed by atoms with E-state index in [1.54, 1.807) is 12.3 Å². The molecule has 2 heteroatoms. The number of rotatable bonds is 1. The molecule has 0 heterocycles. The molecule has 0 rings (SSSR count). The summed E-state index contributed by atoms with van der Waals surface area (Å²) < 4.78 is 0. The maximum Gasteiger partial charge on any atom is 0.124 e. The molecule has 0 aromatic carbocycles. The second-order valence-electron chi connectivity index (χ2n) is 0.999. The minimum Gasteiger partial charge on any atom is -0.250 e. The van der Waals surface area contributed by atoms with Gasteiger partial charge >= 0.3 is 0 Å². The number of hydrogen-bond acceptors (Lipinski definition) is 1. The van der Waals surface area contributed by atoms with Crippen molar-refractivity contribution >= 4 is 17.8 Å². The van der Waals surface area contributed by atoms with Crippen molar-refractivity contribution < 1.29 is 0 Å². The topological polar surface area (TPSA) is 12.4 Å². The van der Waals surface area contributed by atoms with Gasteiger partial charge in [-0.3, -0.25) is 0 Å². The fraction of sp³-hybridized carbons (Fsp3) is 0.286. The Labute approximate surface area is 61.4 Å². The summed E-state index contributed by atoms with van der Waals surface area (Å²) in [7, 11) is 0. The number of halogens is 1. The van der Waals surface area contributed by atoms with Crippen LogP contribution in [0.2, 0.25) is 0 Å². The summed E-state index contributed by atoms with van der Waals surface area (Å²) in [4.78, 5) is 3.74. The standard InChI is InChI=1S/C5H8ClN.C2H2/c1-3-5(6)7-4-2;1-2/h3-4H,1-2H3;1-2H/b5-3-,7-4-;. The Morgan fingerprint density at radius 2 is 1.89 bits per heavy atom. The SMILES string of the molecule is C#C.C/C=N\C(Cl)=C/C. The van der Waals surface area contributed by atoms with Gasteiger partial charge in [-0.2, -0.15) is 0 Å². The maximum absolute atomic E-state index is 5.43. The van der Waals surface area contributed by atoms with Gasteiger partial charge in [0, 0.05) is 6.21 Å². The first kappa shape index (κ1) is 11.1. The third kappa shape index (κ3) is 11.1. The molecule has 0 unspecified atom stereocenters. The Balaban J connectivity index is 0. The highest BCUT2D eigenvalue weighted by Gasteiger charge is 1.74. The van der Waals surface area contributed by atoms with Crippen LogP contribution in [-0.2, 0) is 0 Å². The molecule has 0 saturated carbocycles. The van der Waals surface area contributed by atoms with E-state index in [-0.39, 0.29) is 0 Å². The zero-order valence-corrected chi connectivity index (χ0v) is 6.39. The lowest BCUT2D eigenvalue weighted by Crippen LogP contribution is -1.60. The van der Waals surface area contributed by atoms with E-state index in [9.17, 15) is 0 Å². The van der Waals surface area contributed by atoms with Gasteiger partial charge in [-0.25, -0.2) is 4.99 Å². The van der Waals surface area contributed by atoms with Gasteiger partial charge in [0.2, 0.25) is 0 Å². The van der Waals surface area contributed by atoms with Crippen LogP contribution < -0.4 is 0 Å². The van der Waals surface area contributed by atoms with Gasteiger partial charge in [0.25, 0.3) is 0 Å². The predicted molar refractivity (Wildman–Crippen MR) is 43.7 cm³/mol. The van der Waals surface area contributed by atoms with E-state index < -0.39 is 0 Å². The first-order valence-electron chi connectivity index (χ1n) is 2.45. The van der Waals surface area contributed by atoms with Crippen LogP contribution in [0.1, 0.15) is 13.8 Å². The van der Waals surface area contributed by atoms with Crippen molar-refractivity contribution in [2.75, 3.05) is 0 Å². The van der Waals surface area contributed by atoms with Crippen LogP contribution in [0.25, 0.3) is 0 Å². The van der Waals surface area contributed by atoms with E-state index in [1.165, 1.54) is 0 Å². The van der Waals surface area contributed by atoms with E-state index in [2.05, 4.69) is 17.8 Å². The Morgan fingerprint density at radius 1 is 1.44 bits per heavy atom. The van der Waals surface area contributed by atoms with E-state index >= 15 is 0 Å². The smallest absolute Gasteiger partial charge is 0.124 e. The highest BCUT2D eigenvalue weighted by Crippen LogP contribution is 1.98. The highest BCUT2D eigenvalue weighted by molar-refractivity contribution is 6.29. The Hall–Kier alpha value is -0.740. The lowest BCUT2D eigenvalue weighted by molar-refractivity contribution is 1.48. The molecule has 0 atom stereocenters. The van der Waals surface area contributed by atoms with Crippen molar-refractivity contribution in [2.45, 2.75) is 13.8 Å². The number of allylic oxidation sites excluding steroid dienone is 1. The summed E-state index contributed by atoms with van der Waals surface area (Å²) >= 11 is 5.43. The molecule has 50 valence electrons. The van der Waals surface area contributed by atoms with E-state index in [1.807, 2.05) is 13.8 Å². The van der Waals surface area contributed by atoms with E-state index in [4.69, 9.17) is 11.6 Å². The first-order valence-corrected chi connectivity index (χ1v) is 2.83. The number of nitrogens with zero attached hydrogens (tertiary/aromatic N) is 1. The third-order valence-corrected chi connectivity index (χ3v) is 0.806. The Bertz CT molecular complexity index is 122. The van der Waals surface area contributed by atoms with Gasteiger partial charge < -0.3 is 0 Å². The molecule has 1 nitrogen and oxygen atoms in total. The monoisotopic (exact) mass is 143 g/mol. The first-order chi connectivity index (χ1) is 4.31. The minimum atomic E-state index is 0.544. The molecular weight excluding hydrogens is 134 g/mol. The average molecular weight is 144 g/mol. The molecule has 0 aliphatic rings. The summed E-state index contributed by atoms with van der Waals surface area (Å²) in [5.41, 5.74) is 0. The van der Waals surface area contributed by atoms with Crippen molar-refractivity contribution in [2.24, 2.45) is 4.99 Å². The maximum atomic E-state index is 5.43. The zero-order valence-electron chi connectivity index (χ0n) is 5.63. The number of terminal acetylenes is 1. The second-order valence-corrected chi connectivity index (χ2v) is 1.39. The van der Waals surface area contributed by atoms with Gasteiger partial charge in [-0.1, -0.05) is 17.7 Å². The predicted octanol–water partition coefficient (Wildman–Crippen LogP) is 2.43. The average Bonchev–Trinajstić information content (AvgIpc) is 1.93. The molecular formula is C7H10ClN. The summed E-state index contributed by atoms with van der Waals surface area (Å²) in [6.45, 7) is 3.67. The van der Waals surface area contributed by atoms with E-state index in [0.717, 1.165) is 0 Å². The quantitative estimate of drug-likeness (QED) is 0.304. The number of hydrogen-bond donors (Lipinski definition) is 0. The number of aliphatic imine (C=N–C) groups is 1. The van der Waals surface area contributed by atoms with Crippen LogP contribution in [0.4, 0.5) is 0 Å². The van der Waals surface area contributed by atoms with Crippen LogP contribution in [0.15, 0.2) is 16.2 Å². The van der Waals surface area contributed by atoms with Gasteiger partial charge in [0.1, 0.15) is 5.16 Å². The second kappa shape index (κ2) is 10.3. The fourth-order valence-corrected chi connectivity index (χ4v) is 0.295. The van der Waals surface area contributed by atoms with Crippen molar-refractivity contribution in [3.8, 4) is 12.8 Å². The van der Waals surface area contributed by atoms with Gasteiger partial charge in [-0.05, 0) is 13.8 Å². The Kier molecular flexibility index (Phi) is 12.7. The highest BCUT2D eigenvalue weighted by atomic mass is 35.5. The molecule has 9 heavy (non-hydrogen) atoms. The molecule has 0 aromatic heterocycles. The van der Waals surface area contributed by atoms with Crippen LogP contribution in [-0.4, -0.2) is 6.21 Å². The fourth-order valence-electron chi connectivity index (χ4n) is 0.198. The minimum absolute atomic E-state index is 0.544. The lowest BCUT2D eigenvalue weighted by Gasteiger charge is -1.78.